The van der Waals surface area contributed by atoms with Gasteiger partial charge in [-0.3, -0.25) is 9.69 Å². The molecule has 0 atom stereocenters. The molecule has 2 heterocycles. The van der Waals surface area contributed by atoms with Gasteiger partial charge in [-0.1, -0.05) is 17.7 Å². The molecule has 1 aliphatic heterocycles. The summed E-state index contributed by atoms with van der Waals surface area (Å²) in [6.45, 7) is 8.54. The summed E-state index contributed by atoms with van der Waals surface area (Å²) in [7, 11) is 0. The summed E-state index contributed by atoms with van der Waals surface area (Å²) in [5.74, 6) is 0.822. The van der Waals surface area contributed by atoms with Crippen molar-refractivity contribution in [3.8, 4) is 11.5 Å². The number of oxazole rings is 1. The van der Waals surface area contributed by atoms with Gasteiger partial charge in [-0.05, 0) is 26.0 Å². The van der Waals surface area contributed by atoms with Gasteiger partial charge in [-0.25, -0.2) is 4.98 Å². The summed E-state index contributed by atoms with van der Waals surface area (Å²) in [5, 5.41) is 2.92. The van der Waals surface area contributed by atoms with Crippen molar-refractivity contribution in [3.05, 3.63) is 41.3 Å². The average molecular weight is 329 g/mol. The van der Waals surface area contributed by atoms with Gasteiger partial charge in [0.05, 0.1) is 13.2 Å². The number of amides is 1. The third-order valence-electron chi connectivity index (χ3n) is 4.13. The standard InChI is InChI=1S/C18H23N3O3/c1-13-3-5-15(6-4-13)18-20-16(14(2)24-18)17(22)19-7-8-21-9-11-23-12-10-21/h3-6H,7-12H2,1-2H3,(H,19,22). The summed E-state index contributed by atoms with van der Waals surface area (Å²) in [5.41, 5.74) is 2.40. The Kier molecular flexibility index (Phi) is 5.27. The van der Waals surface area contributed by atoms with E-state index < -0.39 is 0 Å². The number of hydrogen-bond acceptors (Lipinski definition) is 5. The lowest BCUT2D eigenvalue weighted by Gasteiger charge is -2.26. The van der Waals surface area contributed by atoms with E-state index >= 15 is 0 Å². The molecule has 6 nitrogen and oxygen atoms in total. The van der Waals surface area contributed by atoms with Gasteiger partial charge >= 0.3 is 0 Å². The number of aromatic nitrogens is 1. The highest BCUT2D eigenvalue weighted by Crippen LogP contribution is 2.22. The van der Waals surface area contributed by atoms with Gasteiger partial charge in [0.1, 0.15) is 5.76 Å². The molecular formula is C18H23N3O3. The lowest BCUT2D eigenvalue weighted by molar-refractivity contribution is 0.0383. The number of aryl methyl sites for hydroxylation is 2. The molecule has 1 saturated heterocycles. The van der Waals surface area contributed by atoms with E-state index in [1.165, 1.54) is 5.56 Å². The van der Waals surface area contributed by atoms with Crippen LogP contribution in [-0.2, 0) is 4.74 Å². The number of rotatable bonds is 5. The van der Waals surface area contributed by atoms with Crippen molar-refractivity contribution in [2.45, 2.75) is 13.8 Å². The molecule has 0 bridgehead atoms. The van der Waals surface area contributed by atoms with E-state index in [0.717, 1.165) is 38.4 Å². The molecule has 0 spiro atoms. The molecule has 0 saturated carbocycles. The summed E-state index contributed by atoms with van der Waals surface area (Å²) in [6, 6.07) is 7.88. The van der Waals surface area contributed by atoms with Gasteiger partial charge in [0.25, 0.3) is 5.91 Å². The minimum Gasteiger partial charge on any atom is -0.441 e. The Labute approximate surface area is 141 Å². The second-order valence-electron chi connectivity index (χ2n) is 6.00. The molecule has 1 aromatic heterocycles. The van der Waals surface area contributed by atoms with E-state index in [-0.39, 0.29) is 5.91 Å². The van der Waals surface area contributed by atoms with E-state index in [0.29, 0.717) is 23.9 Å². The van der Waals surface area contributed by atoms with Crippen molar-refractivity contribution in [1.82, 2.24) is 15.2 Å². The fraction of sp³-hybridized carbons (Fsp3) is 0.444. The Morgan fingerprint density at radius 1 is 1.21 bits per heavy atom. The van der Waals surface area contributed by atoms with Crippen LogP contribution in [0.2, 0.25) is 0 Å². The van der Waals surface area contributed by atoms with Crippen molar-refractivity contribution >= 4 is 5.91 Å². The number of nitrogens with one attached hydrogen (secondary N) is 1. The Morgan fingerprint density at radius 2 is 1.92 bits per heavy atom. The molecule has 3 rings (SSSR count). The fourth-order valence-electron chi connectivity index (χ4n) is 2.66. The number of nitrogens with zero attached hydrogens (tertiary/aromatic N) is 2. The van der Waals surface area contributed by atoms with E-state index in [4.69, 9.17) is 9.15 Å². The van der Waals surface area contributed by atoms with Crippen LogP contribution < -0.4 is 5.32 Å². The van der Waals surface area contributed by atoms with Crippen LogP contribution in [0, 0.1) is 13.8 Å². The van der Waals surface area contributed by atoms with Gasteiger partial charge in [-0.15, -0.1) is 0 Å². The Morgan fingerprint density at radius 3 is 2.62 bits per heavy atom. The first kappa shape index (κ1) is 16.7. The highest BCUT2D eigenvalue weighted by Gasteiger charge is 2.18. The smallest absolute Gasteiger partial charge is 0.273 e. The summed E-state index contributed by atoms with van der Waals surface area (Å²) >= 11 is 0. The number of carbonyl (C=O) groups is 1. The maximum absolute atomic E-state index is 12.3. The number of morpholine rings is 1. The lowest BCUT2D eigenvalue weighted by Crippen LogP contribution is -2.41. The predicted molar refractivity (Wildman–Crippen MR) is 91.0 cm³/mol. The maximum atomic E-state index is 12.3. The van der Waals surface area contributed by atoms with Gasteiger partial charge < -0.3 is 14.5 Å². The largest absolute Gasteiger partial charge is 0.441 e. The first-order chi connectivity index (χ1) is 11.6. The van der Waals surface area contributed by atoms with Crippen molar-refractivity contribution in [1.29, 1.82) is 0 Å². The number of carbonyl (C=O) groups excluding carboxylic acids is 1. The van der Waals surface area contributed by atoms with Crippen LogP contribution in [0.3, 0.4) is 0 Å². The van der Waals surface area contributed by atoms with E-state index in [2.05, 4.69) is 15.2 Å². The molecule has 1 N–H and O–H groups in total. The zero-order valence-electron chi connectivity index (χ0n) is 14.2. The normalized spacial score (nSPS) is 15.4. The lowest BCUT2D eigenvalue weighted by atomic mass is 10.1. The number of benzene rings is 1. The molecule has 128 valence electrons. The third-order valence-corrected chi connectivity index (χ3v) is 4.13. The zero-order chi connectivity index (χ0) is 16.9. The monoisotopic (exact) mass is 329 g/mol. The topological polar surface area (TPSA) is 67.6 Å². The second kappa shape index (κ2) is 7.59. The molecule has 2 aromatic rings. The molecule has 6 heteroatoms. The predicted octanol–water partition coefficient (Wildman–Crippen LogP) is 2.02. The van der Waals surface area contributed by atoms with Crippen LogP contribution in [0.25, 0.3) is 11.5 Å². The molecule has 1 fully saturated rings. The minimum absolute atomic E-state index is 0.192. The van der Waals surface area contributed by atoms with Crippen LogP contribution in [0.1, 0.15) is 21.8 Å². The van der Waals surface area contributed by atoms with Gasteiger partial charge in [-0.2, -0.15) is 0 Å². The Hall–Kier alpha value is -2.18. The van der Waals surface area contributed by atoms with Crippen LogP contribution in [0.4, 0.5) is 0 Å². The molecule has 1 aliphatic rings. The fourth-order valence-corrected chi connectivity index (χ4v) is 2.66. The van der Waals surface area contributed by atoms with Crippen LogP contribution in [-0.4, -0.2) is 55.2 Å². The molecule has 0 radical (unpaired) electrons. The maximum Gasteiger partial charge on any atom is 0.273 e. The second-order valence-corrected chi connectivity index (χ2v) is 6.00. The molecule has 0 aliphatic carbocycles. The first-order valence-electron chi connectivity index (χ1n) is 8.26. The minimum atomic E-state index is -0.192. The van der Waals surface area contributed by atoms with E-state index in [1.54, 1.807) is 6.92 Å². The Bertz CT molecular complexity index is 688. The summed E-state index contributed by atoms with van der Waals surface area (Å²) in [6.07, 6.45) is 0. The van der Waals surface area contributed by atoms with E-state index in [1.807, 2.05) is 31.2 Å². The van der Waals surface area contributed by atoms with Crippen molar-refractivity contribution in [3.63, 3.8) is 0 Å². The number of hydrogen-bond donors (Lipinski definition) is 1. The van der Waals surface area contributed by atoms with Crippen LogP contribution in [0.5, 0.6) is 0 Å². The van der Waals surface area contributed by atoms with Gasteiger partial charge in [0, 0.05) is 31.7 Å². The number of ether oxygens (including phenoxy) is 1. The van der Waals surface area contributed by atoms with Crippen molar-refractivity contribution < 1.29 is 13.9 Å². The Balaban J connectivity index is 1.59. The van der Waals surface area contributed by atoms with Crippen molar-refractivity contribution in [2.24, 2.45) is 0 Å². The summed E-state index contributed by atoms with van der Waals surface area (Å²) in [4.78, 5) is 19.0. The highest BCUT2D eigenvalue weighted by molar-refractivity contribution is 5.93. The molecule has 0 unspecified atom stereocenters. The van der Waals surface area contributed by atoms with Crippen molar-refractivity contribution in [2.75, 3.05) is 39.4 Å². The molecule has 24 heavy (non-hydrogen) atoms. The third kappa shape index (κ3) is 4.01. The van der Waals surface area contributed by atoms with Gasteiger partial charge in [0.15, 0.2) is 5.69 Å². The highest BCUT2D eigenvalue weighted by atomic mass is 16.5. The molecule has 1 aromatic carbocycles. The van der Waals surface area contributed by atoms with Gasteiger partial charge in [0.2, 0.25) is 5.89 Å². The average Bonchev–Trinajstić information content (AvgIpc) is 2.98. The van der Waals surface area contributed by atoms with Crippen LogP contribution >= 0.6 is 0 Å². The summed E-state index contributed by atoms with van der Waals surface area (Å²) < 4.78 is 11.0. The first-order valence-corrected chi connectivity index (χ1v) is 8.26. The SMILES string of the molecule is Cc1ccc(-c2nc(C(=O)NCCN3CCOCC3)c(C)o2)cc1. The molecule has 1 amide bonds. The van der Waals surface area contributed by atoms with Crippen LogP contribution in [0.15, 0.2) is 28.7 Å². The molecular weight excluding hydrogens is 306 g/mol. The zero-order valence-corrected chi connectivity index (χ0v) is 14.2. The quantitative estimate of drug-likeness (QED) is 0.909. The van der Waals surface area contributed by atoms with E-state index in [9.17, 15) is 4.79 Å².